The minimum Gasteiger partial charge on any atom is -0.396 e. The highest BCUT2D eigenvalue weighted by Crippen LogP contribution is 2.25. The predicted octanol–water partition coefficient (Wildman–Crippen LogP) is 2.75. The maximum absolute atomic E-state index is 9.15. The Morgan fingerprint density at radius 3 is 2.95 bits per heavy atom. The molecule has 0 bridgehead atoms. The Bertz CT molecular complexity index is 505. The first-order valence-corrected chi connectivity index (χ1v) is 8.31. The standard InChI is InChI=1S/C14H20N2O2S2/c1-14(4-5-17,10-18-2)15-7-12-9-20-13(16-12)11-3-6-19-8-11/h3,6,8-9,15,17H,4-5,7,10H2,1-2H3. The van der Waals surface area contributed by atoms with Crippen LogP contribution in [0.3, 0.4) is 0 Å². The van der Waals surface area contributed by atoms with Crippen molar-refractivity contribution in [3.05, 3.63) is 27.9 Å². The van der Waals surface area contributed by atoms with Crippen LogP contribution in [0, 0.1) is 0 Å². The fourth-order valence-corrected chi connectivity index (χ4v) is 3.52. The van der Waals surface area contributed by atoms with Crippen LogP contribution in [-0.2, 0) is 11.3 Å². The maximum atomic E-state index is 9.15. The first-order chi connectivity index (χ1) is 9.67. The van der Waals surface area contributed by atoms with Crippen LogP contribution < -0.4 is 5.32 Å². The molecule has 2 aromatic rings. The van der Waals surface area contributed by atoms with Crippen LogP contribution in [0.15, 0.2) is 22.2 Å². The molecule has 1 unspecified atom stereocenters. The molecule has 110 valence electrons. The van der Waals surface area contributed by atoms with Crippen molar-refractivity contribution >= 4 is 22.7 Å². The fourth-order valence-electron chi connectivity index (χ4n) is 1.99. The lowest BCUT2D eigenvalue weighted by atomic mass is 9.99. The molecule has 0 aromatic carbocycles. The topological polar surface area (TPSA) is 54.4 Å². The Labute approximate surface area is 127 Å². The number of nitrogens with zero attached hydrogens (tertiary/aromatic N) is 1. The van der Waals surface area contributed by atoms with Gasteiger partial charge in [0, 0.05) is 42.1 Å². The van der Waals surface area contributed by atoms with E-state index < -0.39 is 0 Å². The number of nitrogens with one attached hydrogen (secondary N) is 1. The van der Waals surface area contributed by atoms with Crippen molar-refractivity contribution in [2.75, 3.05) is 20.3 Å². The molecule has 2 rings (SSSR count). The third-order valence-electron chi connectivity index (χ3n) is 3.14. The van der Waals surface area contributed by atoms with Gasteiger partial charge in [0.05, 0.1) is 12.3 Å². The molecule has 1 atom stereocenters. The number of hydrogen-bond acceptors (Lipinski definition) is 6. The van der Waals surface area contributed by atoms with E-state index in [1.54, 1.807) is 29.8 Å². The van der Waals surface area contributed by atoms with Crippen LogP contribution >= 0.6 is 22.7 Å². The number of aliphatic hydroxyl groups excluding tert-OH is 1. The van der Waals surface area contributed by atoms with Crippen LogP contribution in [0.1, 0.15) is 19.0 Å². The van der Waals surface area contributed by atoms with Gasteiger partial charge in [0.25, 0.3) is 0 Å². The average Bonchev–Trinajstić information content (AvgIpc) is 3.08. The van der Waals surface area contributed by atoms with Crippen LogP contribution in [0.5, 0.6) is 0 Å². The fraction of sp³-hybridized carbons (Fsp3) is 0.500. The summed E-state index contributed by atoms with van der Waals surface area (Å²) in [6.07, 6.45) is 0.655. The first-order valence-electron chi connectivity index (χ1n) is 6.49. The molecular formula is C14H20N2O2S2. The van der Waals surface area contributed by atoms with E-state index in [1.807, 2.05) is 0 Å². The lowest BCUT2D eigenvalue weighted by Gasteiger charge is -2.29. The van der Waals surface area contributed by atoms with E-state index in [0.717, 1.165) is 10.7 Å². The van der Waals surface area contributed by atoms with Gasteiger partial charge in [-0.1, -0.05) is 0 Å². The molecule has 4 nitrogen and oxygen atoms in total. The number of rotatable bonds is 8. The van der Waals surface area contributed by atoms with Gasteiger partial charge in [0.15, 0.2) is 0 Å². The van der Waals surface area contributed by atoms with Crippen molar-refractivity contribution in [1.29, 1.82) is 0 Å². The molecule has 6 heteroatoms. The van der Waals surface area contributed by atoms with Crippen molar-refractivity contribution in [2.24, 2.45) is 0 Å². The van der Waals surface area contributed by atoms with E-state index in [9.17, 15) is 0 Å². The Morgan fingerprint density at radius 2 is 2.30 bits per heavy atom. The monoisotopic (exact) mass is 312 g/mol. The normalized spacial score (nSPS) is 14.3. The van der Waals surface area contributed by atoms with Gasteiger partial charge in [0.2, 0.25) is 0 Å². The second-order valence-electron chi connectivity index (χ2n) is 4.98. The van der Waals surface area contributed by atoms with Gasteiger partial charge in [0.1, 0.15) is 5.01 Å². The SMILES string of the molecule is COCC(C)(CCO)NCc1csc(-c2ccsc2)n1. The minimum absolute atomic E-state index is 0.143. The van der Waals surface area contributed by atoms with E-state index in [2.05, 4.69) is 39.4 Å². The van der Waals surface area contributed by atoms with E-state index >= 15 is 0 Å². The van der Waals surface area contributed by atoms with Gasteiger partial charge in [-0.2, -0.15) is 11.3 Å². The number of methoxy groups -OCH3 is 1. The molecule has 0 radical (unpaired) electrons. The largest absolute Gasteiger partial charge is 0.396 e. The van der Waals surface area contributed by atoms with Crippen molar-refractivity contribution in [2.45, 2.75) is 25.4 Å². The Kier molecular flexibility index (Phi) is 5.68. The zero-order valence-electron chi connectivity index (χ0n) is 11.8. The summed E-state index contributed by atoms with van der Waals surface area (Å²) in [5.74, 6) is 0. The minimum atomic E-state index is -0.227. The third-order valence-corrected chi connectivity index (χ3v) is 4.77. The molecule has 0 saturated carbocycles. The quantitative estimate of drug-likeness (QED) is 0.787. The van der Waals surface area contributed by atoms with Crippen molar-refractivity contribution in [3.63, 3.8) is 0 Å². The molecule has 2 N–H and O–H groups in total. The number of aliphatic hydroxyl groups is 1. The smallest absolute Gasteiger partial charge is 0.124 e. The summed E-state index contributed by atoms with van der Waals surface area (Å²) in [5.41, 5.74) is 1.98. The summed E-state index contributed by atoms with van der Waals surface area (Å²) in [7, 11) is 1.68. The number of aromatic nitrogens is 1. The van der Waals surface area contributed by atoms with Gasteiger partial charge in [-0.15, -0.1) is 11.3 Å². The Hall–Kier alpha value is -0.790. The van der Waals surface area contributed by atoms with E-state index in [0.29, 0.717) is 19.6 Å². The van der Waals surface area contributed by atoms with Gasteiger partial charge in [-0.05, 0) is 24.8 Å². The van der Waals surface area contributed by atoms with Gasteiger partial charge < -0.3 is 15.2 Å². The summed E-state index contributed by atoms with van der Waals surface area (Å²) in [5, 5.41) is 19.9. The summed E-state index contributed by atoms with van der Waals surface area (Å²) < 4.78 is 5.22. The lowest BCUT2D eigenvalue weighted by Crippen LogP contribution is -2.46. The summed E-state index contributed by atoms with van der Waals surface area (Å²) in [4.78, 5) is 4.64. The van der Waals surface area contributed by atoms with Crippen LogP contribution in [0.2, 0.25) is 0 Å². The molecule has 20 heavy (non-hydrogen) atoms. The number of thiophene rings is 1. The number of thiazole rings is 1. The molecule has 0 aliphatic carbocycles. The molecule has 0 amide bonds. The van der Waals surface area contributed by atoms with E-state index in [4.69, 9.17) is 9.84 Å². The summed E-state index contributed by atoms with van der Waals surface area (Å²) in [6, 6.07) is 2.08. The predicted molar refractivity (Wildman–Crippen MR) is 84.3 cm³/mol. The lowest BCUT2D eigenvalue weighted by molar-refractivity contribution is 0.0968. The van der Waals surface area contributed by atoms with Crippen LogP contribution in [0.25, 0.3) is 10.6 Å². The molecule has 0 aliphatic rings. The molecule has 0 aliphatic heterocycles. The zero-order chi connectivity index (χ0) is 14.4. The Morgan fingerprint density at radius 1 is 1.45 bits per heavy atom. The van der Waals surface area contributed by atoms with Crippen molar-refractivity contribution < 1.29 is 9.84 Å². The molecule has 2 heterocycles. The Balaban J connectivity index is 1.96. The average molecular weight is 312 g/mol. The highest BCUT2D eigenvalue weighted by Gasteiger charge is 2.23. The first kappa shape index (κ1) is 15.6. The van der Waals surface area contributed by atoms with E-state index in [-0.39, 0.29) is 12.1 Å². The summed E-state index contributed by atoms with van der Waals surface area (Å²) >= 11 is 3.34. The second-order valence-corrected chi connectivity index (χ2v) is 6.61. The third kappa shape index (κ3) is 4.10. The molecular weight excluding hydrogens is 292 g/mol. The van der Waals surface area contributed by atoms with Gasteiger partial charge in [-0.3, -0.25) is 0 Å². The molecule has 2 aromatic heterocycles. The second kappa shape index (κ2) is 7.28. The van der Waals surface area contributed by atoms with Crippen molar-refractivity contribution in [3.8, 4) is 10.6 Å². The highest BCUT2D eigenvalue weighted by molar-refractivity contribution is 7.14. The molecule has 0 saturated heterocycles. The molecule has 0 fully saturated rings. The number of ether oxygens (including phenoxy) is 1. The van der Waals surface area contributed by atoms with Gasteiger partial charge in [-0.25, -0.2) is 4.98 Å². The van der Waals surface area contributed by atoms with Crippen LogP contribution in [-0.4, -0.2) is 36.0 Å². The van der Waals surface area contributed by atoms with Gasteiger partial charge >= 0.3 is 0 Å². The van der Waals surface area contributed by atoms with Crippen LogP contribution in [0.4, 0.5) is 0 Å². The zero-order valence-corrected chi connectivity index (χ0v) is 13.4. The van der Waals surface area contributed by atoms with E-state index in [1.165, 1.54) is 5.56 Å². The summed E-state index contributed by atoms with van der Waals surface area (Å²) in [6.45, 7) is 3.44. The van der Waals surface area contributed by atoms with Crippen molar-refractivity contribution in [1.82, 2.24) is 10.3 Å². The number of hydrogen-bond donors (Lipinski definition) is 2. The molecule has 0 spiro atoms. The maximum Gasteiger partial charge on any atom is 0.124 e. The highest BCUT2D eigenvalue weighted by atomic mass is 32.1.